The van der Waals surface area contributed by atoms with Crippen LogP contribution in [0.5, 0.6) is 5.75 Å². The van der Waals surface area contributed by atoms with Gasteiger partial charge in [-0.1, -0.05) is 12.1 Å². The fourth-order valence-corrected chi connectivity index (χ4v) is 3.97. The normalized spacial score (nSPS) is 16.8. The van der Waals surface area contributed by atoms with Crippen LogP contribution in [0.3, 0.4) is 0 Å². The molecular formula is C23H27N3O3. The molecule has 0 saturated carbocycles. The van der Waals surface area contributed by atoms with Crippen LogP contribution in [0.1, 0.15) is 32.1 Å². The molecular weight excluding hydrogens is 366 g/mol. The molecule has 6 heteroatoms. The highest BCUT2D eigenvalue weighted by Crippen LogP contribution is 2.28. The minimum Gasteiger partial charge on any atom is -0.484 e. The van der Waals surface area contributed by atoms with Crippen molar-refractivity contribution in [3.8, 4) is 5.75 Å². The highest BCUT2D eigenvalue weighted by molar-refractivity contribution is 5.96. The summed E-state index contributed by atoms with van der Waals surface area (Å²) in [6.07, 6.45) is 5.14. The zero-order valence-electron chi connectivity index (χ0n) is 16.6. The largest absolute Gasteiger partial charge is 0.484 e. The number of hydrogen-bond donors (Lipinski definition) is 1. The maximum absolute atomic E-state index is 12.4. The quantitative estimate of drug-likeness (QED) is 0.810. The molecule has 0 spiro atoms. The Morgan fingerprint density at radius 1 is 0.931 bits per heavy atom. The summed E-state index contributed by atoms with van der Waals surface area (Å²) in [6, 6.07) is 15.3. The van der Waals surface area contributed by atoms with Gasteiger partial charge in [0.2, 0.25) is 5.91 Å². The van der Waals surface area contributed by atoms with E-state index in [-0.39, 0.29) is 18.4 Å². The van der Waals surface area contributed by atoms with Crippen molar-refractivity contribution >= 4 is 28.9 Å². The Morgan fingerprint density at radius 3 is 2.41 bits per heavy atom. The van der Waals surface area contributed by atoms with E-state index < -0.39 is 0 Å². The van der Waals surface area contributed by atoms with Crippen LogP contribution in [-0.4, -0.2) is 38.1 Å². The second kappa shape index (κ2) is 8.99. The second-order valence-corrected chi connectivity index (χ2v) is 7.54. The molecule has 29 heavy (non-hydrogen) atoms. The molecule has 2 saturated heterocycles. The van der Waals surface area contributed by atoms with E-state index in [0.29, 0.717) is 12.2 Å². The first-order valence-corrected chi connectivity index (χ1v) is 10.4. The fourth-order valence-electron chi connectivity index (χ4n) is 3.97. The van der Waals surface area contributed by atoms with Gasteiger partial charge in [0, 0.05) is 31.7 Å². The first-order valence-electron chi connectivity index (χ1n) is 10.4. The van der Waals surface area contributed by atoms with Crippen molar-refractivity contribution < 1.29 is 14.3 Å². The lowest BCUT2D eigenvalue weighted by molar-refractivity contribution is -0.118. The molecule has 2 heterocycles. The number of hydrogen-bond acceptors (Lipinski definition) is 4. The first kappa shape index (κ1) is 19.3. The lowest BCUT2D eigenvalue weighted by atomic mass is 10.1. The van der Waals surface area contributed by atoms with E-state index >= 15 is 0 Å². The second-order valence-electron chi connectivity index (χ2n) is 7.54. The molecule has 2 amide bonds. The predicted molar refractivity (Wildman–Crippen MR) is 115 cm³/mol. The predicted octanol–water partition coefficient (Wildman–Crippen LogP) is 3.82. The van der Waals surface area contributed by atoms with Gasteiger partial charge >= 0.3 is 0 Å². The summed E-state index contributed by atoms with van der Waals surface area (Å²) in [4.78, 5) is 28.4. The molecule has 0 atom stereocenters. The van der Waals surface area contributed by atoms with Gasteiger partial charge in [0.25, 0.3) is 5.91 Å². The van der Waals surface area contributed by atoms with Crippen LogP contribution in [-0.2, 0) is 9.59 Å². The van der Waals surface area contributed by atoms with Crippen molar-refractivity contribution in [2.45, 2.75) is 32.1 Å². The summed E-state index contributed by atoms with van der Waals surface area (Å²) in [5, 5.41) is 2.98. The van der Waals surface area contributed by atoms with Crippen LogP contribution < -0.4 is 19.9 Å². The molecule has 2 aromatic rings. The van der Waals surface area contributed by atoms with Gasteiger partial charge in [0.1, 0.15) is 5.75 Å². The summed E-state index contributed by atoms with van der Waals surface area (Å²) in [5.74, 6) is 0.582. The summed E-state index contributed by atoms with van der Waals surface area (Å²) < 4.78 is 5.64. The number of carbonyl (C=O) groups is 2. The standard InChI is InChI=1S/C23H27N3O3/c27-22(24-20-7-2-3-8-21(20)25-14-4-1-5-15-25)17-29-19-12-10-18(11-13-19)26-16-6-9-23(26)28/h2-3,7-8,10-13H,1,4-6,9,14-17H2,(H,24,27). The molecule has 152 valence electrons. The number of piperidine rings is 1. The van der Waals surface area contributed by atoms with Crippen LogP contribution in [0.25, 0.3) is 0 Å². The summed E-state index contributed by atoms with van der Waals surface area (Å²) in [7, 11) is 0. The highest BCUT2D eigenvalue weighted by atomic mass is 16.5. The number of ether oxygens (including phenoxy) is 1. The fraction of sp³-hybridized carbons (Fsp3) is 0.391. The van der Waals surface area contributed by atoms with E-state index in [2.05, 4.69) is 16.3 Å². The molecule has 2 aliphatic rings. The van der Waals surface area contributed by atoms with Crippen molar-refractivity contribution in [3.05, 3.63) is 48.5 Å². The van der Waals surface area contributed by atoms with Crippen molar-refractivity contribution in [1.82, 2.24) is 0 Å². The minimum absolute atomic E-state index is 0.0592. The Hall–Kier alpha value is -3.02. The van der Waals surface area contributed by atoms with Crippen LogP contribution in [0, 0.1) is 0 Å². The maximum Gasteiger partial charge on any atom is 0.262 e. The maximum atomic E-state index is 12.4. The number of benzene rings is 2. The van der Waals surface area contributed by atoms with Gasteiger partial charge in [-0.2, -0.15) is 0 Å². The molecule has 0 aromatic heterocycles. The van der Waals surface area contributed by atoms with Crippen LogP contribution in [0.4, 0.5) is 17.1 Å². The van der Waals surface area contributed by atoms with Gasteiger partial charge in [0.05, 0.1) is 11.4 Å². The SMILES string of the molecule is O=C(COc1ccc(N2CCCC2=O)cc1)Nc1ccccc1N1CCCCC1. The third-order valence-corrected chi connectivity index (χ3v) is 5.47. The van der Waals surface area contributed by atoms with E-state index in [1.807, 2.05) is 30.3 Å². The Balaban J connectivity index is 1.33. The molecule has 1 N–H and O–H groups in total. The van der Waals surface area contributed by atoms with Crippen LogP contribution >= 0.6 is 0 Å². The third-order valence-electron chi connectivity index (χ3n) is 5.47. The third kappa shape index (κ3) is 4.70. The van der Waals surface area contributed by atoms with Gasteiger partial charge in [0.15, 0.2) is 6.61 Å². The summed E-state index contributed by atoms with van der Waals surface area (Å²) >= 11 is 0. The molecule has 0 radical (unpaired) electrons. The van der Waals surface area contributed by atoms with E-state index in [1.165, 1.54) is 19.3 Å². The molecule has 6 nitrogen and oxygen atoms in total. The van der Waals surface area contributed by atoms with E-state index in [9.17, 15) is 9.59 Å². The molecule has 2 fully saturated rings. The number of anilines is 3. The molecule has 2 aromatic carbocycles. The summed E-state index contributed by atoms with van der Waals surface area (Å²) in [6.45, 7) is 2.75. The van der Waals surface area contributed by atoms with Gasteiger partial charge in [-0.25, -0.2) is 0 Å². The Labute approximate surface area is 171 Å². The zero-order chi connectivity index (χ0) is 20.1. The number of carbonyl (C=O) groups excluding carboxylic acids is 2. The molecule has 0 bridgehead atoms. The summed E-state index contributed by atoms with van der Waals surface area (Å²) in [5.41, 5.74) is 2.77. The monoisotopic (exact) mass is 393 g/mol. The highest BCUT2D eigenvalue weighted by Gasteiger charge is 2.21. The average Bonchev–Trinajstić information content (AvgIpc) is 3.19. The zero-order valence-corrected chi connectivity index (χ0v) is 16.6. The number of nitrogens with one attached hydrogen (secondary N) is 1. The number of para-hydroxylation sites is 2. The van der Waals surface area contributed by atoms with E-state index in [4.69, 9.17) is 4.74 Å². The van der Waals surface area contributed by atoms with Crippen molar-refractivity contribution in [2.24, 2.45) is 0 Å². The minimum atomic E-state index is -0.187. The Morgan fingerprint density at radius 2 is 1.69 bits per heavy atom. The van der Waals surface area contributed by atoms with Crippen LogP contribution in [0.2, 0.25) is 0 Å². The van der Waals surface area contributed by atoms with Gasteiger partial charge < -0.3 is 19.9 Å². The lowest BCUT2D eigenvalue weighted by Crippen LogP contribution is -2.30. The van der Waals surface area contributed by atoms with Crippen molar-refractivity contribution in [1.29, 1.82) is 0 Å². The Bertz CT molecular complexity index is 860. The van der Waals surface area contributed by atoms with Crippen molar-refractivity contribution in [3.63, 3.8) is 0 Å². The van der Waals surface area contributed by atoms with E-state index in [1.54, 1.807) is 17.0 Å². The van der Waals surface area contributed by atoms with Gasteiger partial charge in [-0.3, -0.25) is 9.59 Å². The number of nitrogens with zero attached hydrogens (tertiary/aromatic N) is 2. The molecule has 4 rings (SSSR count). The molecule has 2 aliphatic heterocycles. The van der Waals surface area contributed by atoms with Crippen molar-refractivity contribution in [2.75, 3.05) is 41.4 Å². The topological polar surface area (TPSA) is 61.9 Å². The number of rotatable bonds is 6. The lowest BCUT2D eigenvalue weighted by Gasteiger charge is -2.30. The first-order chi connectivity index (χ1) is 14.2. The smallest absolute Gasteiger partial charge is 0.262 e. The van der Waals surface area contributed by atoms with Crippen LogP contribution in [0.15, 0.2) is 48.5 Å². The molecule has 0 unspecified atom stereocenters. The Kier molecular flexibility index (Phi) is 5.98. The van der Waals surface area contributed by atoms with E-state index in [0.717, 1.165) is 43.1 Å². The number of amides is 2. The van der Waals surface area contributed by atoms with Gasteiger partial charge in [-0.05, 0) is 62.1 Å². The van der Waals surface area contributed by atoms with Gasteiger partial charge in [-0.15, -0.1) is 0 Å². The average molecular weight is 393 g/mol. The molecule has 0 aliphatic carbocycles.